The first-order valence-electron chi connectivity index (χ1n) is 6.00. The van der Waals surface area contributed by atoms with Gasteiger partial charge in [-0.1, -0.05) is 6.07 Å². The summed E-state index contributed by atoms with van der Waals surface area (Å²) >= 11 is 0. The molecule has 0 saturated heterocycles. The third-order valence-corrected chi connectivity index (χ3v) is 2.86. The van der Waals surface area contributed by atoms with Crippen LogP contribution >= 0.6 is 0 Å². The highest BCUT2D eigenvalue weighted by atomic mass is 16.5. The van der Waals surface area contributed by atoms with Gasteiger partial charge in [0, 0.05) is 17.8 Å². The Morgan fingerprint density at radius 1 is 0.947 bits per heavy atom. The van der Waals surface area contributed by atoms with Gasteiger partial charge in [-0.15, -0.1) is 0 Å². The summed E-state index contributed by atoms with van der Waals surface area (Å²) in [7, 11) is 0. The van der Waals surface area contributed by atoms with Gasteiger partial charge in [0.1, 0.15) is 12.4 Å². The maximum absolute atomic E-state index is 5.90. The van der Waals surface area contributed by atoms with Gasteiger partial charge in [0.15, 0.2) is 0 Å². The molecule has 94 valence electrons. The number of nitrogen functional groups attached to an aromatic ring is 1. The Hall–Kier alpha value is -2.62. The fourth-order valence-corrected chi connectivity index (χ4v) is 1.93. The zero-order valence-corrected chi connectivity index (χ0v) is 10.3. The molecule has 3 aromatic rings. The largest absolute Gasteiger partial charge is 0.487 e. The minimum atomic E-state index is 0.425. The molecule has 0 unspecified atom stereocenters. The zero-order chi connectivity index (χ0) is 13.1. The molecule has 0 fully saturated rings. The maximum atomic E-state index is 5.90. The lowest BCUT2D eigenvalue weighted by Crippen LogP contribution is -1.99. The highest BCUT2D eigenvalue weighted by Gasteiger charge is 2.06. The summed E-state index contributed by atoms with van der Waals surface area (Å²) in [5.74, 6) is 0.767. The van der Waals surface area contributed by atoms with E-state index in [9.17, 15) is 0 Å². The normalized spacial score (nSPS) is 10.5. The fourth-order valence-electron chi connectivity index (χ4n) is 1.93. The lowest BCUT2D eigenvalue weighted by atomic mass is 10.2. The summed E-state index contributed by atoms with van der Waals surface area (Å²) in [6.45, 7) is 0.425. The number of nitrogens with zero attached hydrogens (tertiary/aromatic N) is 2. The molecule has 4 heteroatoms. The number of hydrogen-bond donors (Lipinski definition) is 1. The SMILES string of the molecule is Nc1ccc(OCc2ccccn2)c2cccnc12. The van der Waals surface area contributed by atoms with E-state index in [-0.39, 0.29) is 0 Å². The summed E-state index contributed by atoms with van der Waals surface area (Å²) in [6, 6.07) is 13.2. The lowest BCUT2D eigenvalue weighted by molar-refractivity contribution is 0.305. The molecule has 0 bridgehead atoms. The second kappa shape index (κ2) is 4.94. The molecule has 0 atom stereocenters. The van der Waals surface area contributed by atoms with Crippen LogP contribution < -0.4 is 10.5 Å². The van der Waals surface area contributed by atoms with E-state index in [0.29, 0.717) is 12.3 Å². The van der Waals surface area contributed by atoms with E-state index in [2.05, 4.69) is 9.97 Å². The zero-order valence-electron chi connectivity index (χ0n) is 10.3. The fraction of sp³-hybridized carbons (Fsp3) is 0.0667. The van der Waals surface area contributed by atoms with Gasteiger partial charge in [0.2, 0.25) is 0 Å². The number of benzene rings is 1. The molecule has 19 heavy (non-hydrogen) atoms. The van der Waals surface area contributed by atoms with Crippen molar-refractivity contribution in [2.24, 2.45) is 0 Å². The van der Waals surface area contributed by atoms with Gasteiger partial charge in [-0.25, -0.2) is 0 Å². The Bertz CT molecular complexity index is 698. The Balaban J connectivity index is 1.91. The van der Waals surface area contributed by atoms with Crippen molar-refractivity contribution < 1.29 is 4.74 Å². The molecule has 0 amide bonds. The molecule has 2 N–H and O–H groups in total. The number of ether oxygens (including phenoxy) is 1. The van der Waals surface area contributed by atoms with Gasteiger partial charge in [-0.2, -0.15) is 0 Å². The van der Waals surface area contributed by atoms with Gasteiger partial charge >= 0.3 is 0 Å². The van der Waals surface area contributed by atoms with Crippen molar-refractivity contribution in [2.75, 3.05) is 5.73 Å². The first kappa shape index (κ1) is 11.5. The van der Waals surface area contributed by atoms with Crippen molar-refractivity contribution in [3.05, 3.63) is 60.6 Å². The first-order chi connectivity index (χ1) is 9.34. The number of nitrogens with two attached hydrogens (primary N) is 1. The molecule has 0 aliphatic carbocycles. The summed E-state index contributed by atoms with van der Waals surface area (Å²) < 4.78 is 5.80. The monoisotopic (exact) mass is 251 g/mol. The van der Waals surface area contributed by atoms with Gasteiger partial charge in [-0.3, -0.25) is 9.97 Å². The van der Waals surface area contributed by atoms with E-state index in [1.54, 1.807) is 12.4 Å². The third kappa shape index (κ3) is 2.33. The van der Waals surface area contributed by atoms with Crippen LogP contribution in [0, 0.1) is 0 Å². The lowest BCUT2D eigenvalue weighted by Gasteiger charge is -2.09. The van der Waals surface area contributed by atoms with Crippen LogP contribution in [0.25, 0.3) is 10.9 Å². The topological polar surface area (TPSA) is 61.0 Å². The maximum Gasteiger partial charge on any atom is 0.130 e. The number of pyridine rings is 2. The highest BCUT2D eigenvalue weighted by molar-refractivity contribution is 5.93. The van der Waals surface area contributed by atoms with Gasteiger partial charge in [0.05, 0.1) is 16.9 Å². The molecule has 3 rings (SSSR count). The molecule has 0 aliphatic heterocycles. The van der Waals surface area contributed by atoms with E-state index in [1.807, 2.05) is 42.5 Å². The van der Waals surface area contributed by atoms with Crippen LogP contribution in [0.5, 0.6) is 5.75 Å². The van der Waals surface area contributed by atoms with Crippen molar-refractivity contribution in [3.63, 3.8) is 0 Å². The van der Waals surface area contributed by atoms with Crippen molar-refractivity contribution >= 4 is 16.6 Å². The average Bonchev–Trinajstić information content (AvgIpc) is 2.48. The average molecular weight is 251 g/mol. The standard InChI is InChI=1S/C15H13N3O/c16-13-6-7-14(12-5-3-9-18-15(12)13)19-10-11-4-1-2-8-17-11/h1-9H,10,16H2. The molecular weight excluding hydrogens is 238 g/mol. The van der Waals surface area contributed by atoms with E-state index in [1.165, 1.54) is 0 Å². The molecule has 0 aliphatic rings. The van der Waals surface area contributed by atoms with E-state index in [4.69, 9.17) is 10.5 Å². The summed E-state index contributed by atoms with van der Waals surface area (Å²) in [6.07, 6.45) is 3.47. The second-order valence-electron chi connectivity index (χ2n) is 4.16. The molecule has 0 spiro atoms. The summed E-state index contributed by atoms with van der Waals surface area (Å²) in [5, 5.41) is 0.915. The smallest absolute Gasteiger partial charge is 0.130 e. The van der Waals surface area contributed by atoms with Crippen LogP contribution in [-0.2, 0) is 6.61 Å². The Labute approximate surface area is 110 Å². The van der Waals surface area contributed by atoms with Crippen LogP contribution in [0.4, 0.5) is 5.69 Å². The van der Waals surface area contributed by atoms with Crippen LogP contribution in [-0.4, -0.2) is 9.97 Å². The predicted octanol–water partition coefficient (Wildman–Crippen LogP) is 2.79. The summed E-state index contributed by atoms with van der Waals surface area (Å²) in [4.78, 5) is 8.50. The Morgan fingerprint density at radius 3 is 2.68 bits per heavy atom. The van der Waals surface area contributed by atoms with Crippen molar-refractivity contribution in [2.45, 2.75) is 6.61 Å². The number of rotatable bonds is 3. The quantitative estimate of drug-likeness (QED) is 0.727. The molecular formula is C15H13N3O. The van der Waals surface area contributed by atoms with Gasteiger partial charge in [0.25, 0.3) is 0 Å². The summed E-state index contributed by atoms with van der Waals surface area (Å²) in [5.41, 5.74) is 8.21. The molecule has 2 heterocycles. The second-order valence-corrected chi connectivity index (χ2v) is 4.16. The molecule has 2 aromatic heterocycles. The van der Waals surface area contributed by atoms with E-state index >= 15 is 0 Å². The van der Waals surface area contributed by atoms with Crippen molar-refractivity contribution in [1.82, 2.24) is 9.97 Å². The van der Waals surface area contributed by atoms with E-state index in [0.717, 1.165) is 22.3 Å². The number of fused-ring (bicyclic) bond motifs is 1. The van der Waals surface area contributed by atoms with Crippen LogP contribution in [0.2, 0.25) is 0 Å². The molecule has 0 saturated carbocycles. The van der Waals surface area contributed by atoms with Crippen molar-refractivity contribution in [1.29, 1.82) is 0 Å². The molecule has 0 radical (unpaired) electrons. The number of aromatic nitrogens is 2. The highest BCUT2D eigenvalue weighted by Crippen LogP contribution is 2.28. The van der Waals surface area contributed by atoms with Crippen LogP contribution in [0.15, 0.2) is 54.9 Å². The van der Waals surface area contributed by atoms with Crippen molar-refractivity contribution in [3.8, 4) is 5.75 Å². The van der Waals surface area contributed by atoms with Crippen LogP contribution in [0.1, 0.15) is 5.69 Å². The van der Waals surface area contributed by atoms with E-state index < -0.39 is 0 Å². The first-order valence-corrected chi connectivity index (χ1v) is 6.00. The number of anilines is 1. The minimum absolute atomic E-state index is 0.425. The number of hydrogen-bond acceptors (Lipinski definition) is 4. The Kier molecular flexibility index (Phi) is 2.98. The Morgan fingerprint density at radius 2 is 1.84 bits per heavy atom. The third-order valence-electron chi connectivity index (χ3n) is 2.86. The molecule has 4 nitrogen and oxygen atoms in total. The minimum Gasteiger partial charge on any atom is -0.487 e. The van der Waals surface area contributed by atoms with Gasteiger partial charge < -0.3 is 10.5 Å². The molecule has 1 aromatic carbocycles. The van der Waals surface area contributed by atoms with Crippen LogP contribution in [0.3, 0.4) is 0 Å². The van der Waals surface area contributed by atoms with Gasteiger partial charge in [-0.05, 0) is 36.4 Å². The predicted molar refractivity (Wildman–Crippen MR) is 74.7 cm³/mol.